The quantitative estimate of drug-likeness (QED) is 0.656. The zero-order valence-electron chi connectivity index (χ0n) is 6.51. The summed E-state index contributed by atoms with van der Waals surface area (Å²) in [6.45, 7) is 8.72. The van der Waals surface area contributed by atoms with E-state index in [-0.39, 0.29) is 6.04 Å². The topological polar surface area (TPSA) is 4.36 Å². The number of hydrogen-bond donors (Lipinski definition) is 0. The first-order chi connectivity index (χ1) is 5.65. The predicted octanol–water partition coefficient (Wildman–Crippen LogP) is 4.08. The Morgan fingerprint density at radius 1 is 1.58 bits per heavy atom. The molecule has 0 spiro atoms. The summed E-state index contributed by atoms with van der Waals surface area (Å²) in [6.07, 6.45) is 0. The minimum atomic E-state index is -0.141. The highest BCUT2D eigenvalue weighted by molar-refractivity contribution is 9.10. The molecule has 1 unspecified atom stereocenters. The molecular weight excluding hydrogens is 237 g/mol. The van der Waals surface area contributed by atoms with E-state index in [2.05, 4.69) is 20.8 Å². The first kappa shape index (κ1) is 9.57. The molecule has 0 aliphatic carbocycles. The number of nitrogens with zero attached hydrogens (tertiary/aromatic N) is 1. The molecule has 1 nitrogen and oxygen atoms in total. The van der Waals surface area contributed by atoms with Gasteiger partial charge in [0.15, 0.2) is 0 Å². The van der Waals surface area contributed by atoms with Gasteiger partial charge in [0.05, 0.1) is 0 Å². The largest absolute Gasteiger partial charge is 0.309 e. The average Bonchev–Trinajstić information content (AvgIpc) is 2.08. The van der Waals surface area contributed by atoms with Gasteiger partial charge in [0, 0.05) is 22.0 Å². The average molecular weight is 245 g/mol. The van der Waals surface area contributed by atoms with E-state index < -0.39 is 0 Å². The van der Waals surface area contributed by atoms with Crippen LogP contribution in [0, 0.1) is 6.57 Å². The van der Waals surface area contributed by atoms with Crippen LogP contribution >= 0.6 is 27.5 Å². The fourth-order valence-electron chi connectivity index (χ4n) is 0.904. The van der Waals surface area contributed by atoms with E-state index in [4.69, 9.17) is 18.2 Å². The molecule has 0 heterocycles. The summed E-state index contributed by atoms with van der Waals surface area (Å²) in [6, 6.07) is 5.33. The minimum Gasteiger partial charge on any atom is -0.309 e. The molecule has 1 aromatic rings. The van der Waals surface area contributed by atoms with Crippen LogP contribution in [-0.4, -0.2) is 0 Å². The van der Waals surface area contributed by atoms with E-state index in [0.29, 0.717) is 5.02 Å². The molecule has 0 amide bonds. The van der Waals surface area contributed by atoms with Crippen molar-refractivity contribution in [3.05, 3.63) is 44.7 Å². The highest BCUT2D eigenvalue weighted by atomic mass is 79.9. The van der Waals surface area contributed by atoms with Crippen LogP contribution in [-0.2, 0) is 0 Å². The molecule has 0 aliphatic heterocycles. The van der Waals surface area contributed by atoms with Gasteiger partial charge in [-0.1, -0.05) is 27.5 Å². The summed E-state index contributed by atoms with van der Waals surface area (Å²) < 4.78 is 0.940. The molecule has 1 atom stereocenters. The number of rotatable bonds is 1. The summed E-state index contributed by atoms with van der Waals surface area (Å²) >= 11 is 9.16. The van der Waals surface area contributed by atoms with Gasteiger partial charge in [0.25, 0.3) is 0 Å². The number of benzene rings is 1. The normalized spacial score (nSPS) is 12.2. The Morgan fingerprint density at radius 3 is 2.83 bits per heavy atom. The molecule has 62 valence electrons. The Balaban J connectivity index is 3.15. The maximum atomic E-state index is 6.87. The van der Waals surface area contributed by atoms with Gasteiger partial charge in [-0.25, -0.2) is 6.57 Å². The van der Waals surface area contributed by atoms with Crippen molar-refractivity contribution in [2.75, 3.05) is 0 Å². The van der Waals surface area contributed by atoms with Gasteiger partial charge in [0.1, 0.15) is 0 Å². The fourth-order valence-corrected chi connectivity index (χ4v) is 1.66. The van der Waals surface area contributed by atoms with Crippen LogP contribution < -0.4 is 0 Å². The van der Waals surface area contributed by atoms with E-state index in [0.717, 1.165) is 10.0 Å². The molecule has 0 fully saturated rings. The van der Waals surface area contributed by atoms with Crippen molar-refractivity contribution in [1.82, 2.24) is 0 Å². The Bertz CT molecular complexity index is 330. The fraction of sp³-hybridized carbons (Fsp3) is 0.222. The lowest BCUT2D eigenvalue weighted by Gasteiger charge is -2.02. The maximum Gasteiger partial charge on any atom is 0.247 e. The van der Waals surface area contributed by atoms with Crippen molar-refractivity contribution in [2.24, 2.45) is 0 Å². The highest BCUT2D eigenvalue weighted by Gasteiger charge is 2.12. The van der Waals surface area contributed by atoms with Crippen molar-refractivity contribution in [2.45, 2.75) is 13.0 Å². The third-order valence-electron chi connectivity index (χ3n) is 1.60. The van der Waals surface area contributed by atoms with Crippen LogP contribution in [0.4, 0.5) is 0 Å². The molecular formula is C9H7BrClN. The SMILES string of the molecule is [C-]#[N+]C(C)c1cc(Cl)ccc1Br. The molecule has 1 rings (SSSR count). The van der Waals surface area contributed by atoms with Crippen LogP contribution in [0.5, 0.6) is 0 Å². The van der Waals surface area contributed by atoms with Crippen molar-refractivity contribution in [1.29, 1.82) is 0 Å². The van der Waals surface area contributed by atoms with Gasteiger partial charge in [-0.05, 0) is 18.2 Å². The molecule has 0 bridgehead atoms. The number of halogens is 2. The summed E-state index contributed by atoms with van der Waals surface area (Å²) in [5, 5.41) is 0.670. The van der Waals surface area contributed by atoms with E-state index in [1.807, 2.05) is 19.1 Å². The lowest BCUT2D eigenvalue weighted by molar-refractivity contribution is 0.954. The molecule has 0 saturated heterocycles. The Morgan fingerprint density at radius 2 is 2.25 bits per heavy atom. The van der Waals surface area contributed by atoms with Gasteiger partial charge in [-0.3, -0.25) is 0 Å². The molecule has 12 heavy (non-hydrogen) atoms. The van der Waals surface area contributed by atoms with E-state index in [1.165, 1.54) is 0 Å². The highest BCUT2D eigenvalue weighted by Crippen LogP contribution is 2.28. The standard InChI is InChI=1S/C9H7BrClN/c1-6(12-2)8-5-7(11)3-4-9(8)10/h3-6H,1H3. The first-order valence-electron chi connectivity index (χ1n) is 3.46. The summed E-state index contributed by atoms with van der Waals surface area (Å²) in [4.78, 5) is 3.42. The smallest absolute Gasteiger partial charge is 0.247 e. The molecule has 3 heteroatoms. The molecule has 1 aromatic carbocycles. The number of hydrogen-bond acceptors (Lipinski definition) is 0. The molecule has 0 aliphatic rings. The molecule has 0 aromatic heterocycles. The zero-order chi connectivity index (χ0) is 9.14. The Hall–Kier alpha value is -0.520. The monoisotopic (exact) mass is 243 g/mol. The van der Waals surface area contributed by atoms with Gasteiger partial charge in [-0.15, -0.1) is 0 Å². The second-order valence-electron chi connectivity index (χ2n) is 2.47. The second kappa shape index (κ2) is 3.93. The summed E-state index contributed by atoms with van der Waals surface area (Å²) in [5.41, 5.74) is 0.942. The van der Waals surface area contributed by atoms with Crippen LogP contribution in [0.3, 0.4) is 0 Å². The van der Waals surface area contributed by atoms with Crippen molar-refractivity contribution in [3.8, 4) is 0 Å². The van der Waals surface area contributed by atoms with Gasteiger partial charge in [-0.2, -0.15) is 0 Å². The first-order valence-corrected chi connectivity index (χ1v) is 4.63. The second-order valence-corrected chi connectivity index (χ2v) is 3.76. The van der Waals surface area contributed by atoms with Crippen LogP contribution in [0.25, 0.3) is 4.85 Å². The van der Waals surface area contributed by atoms with Gasteiger partial charge < -0.3 is 4.85 Å². The Labute approximate surface area is 85.3 Å². The third kappa shape index (κ3) is 2.00. The van der Waals surface area contributed by atoms with E-state index in [1.54, 1.807) is 6.07 Å². The van der Waals surface area contributed by atoms with E-state index >= 15 is 0 Å². The van der Waals surface area contributed by atoms with E-state index in [9.17, 15) is 0 Å². The van der Waals surface area contributed by atoms with Crippen molar-refractivity contribution in [3.63, 3.8) is 0 Å². The minimum absolute atomic E-state index is 0.141. The maximum absolute atomic E-state index is 6.87. The lowest BCUT2D eigenvalue weighted by atomic mass is 10.1. The summed E-state index contributed by atoms with van der Waals surface area (Å²) in [7, 11) is 0. The molecule has 0 N–H and O–H groups in total. The zero-order valence-corrected chi connectivity index (χ0v) is 8.85. The summed E-state index contributed by atoms with van der Waals surface area (Å²) in [5.74, 6) is 0. The molecule has 0 saturated carbocycles. The van der Waals surface area contributed by atoms with Crippen LogP contribution in [0.2, 0.25) is 5.02 Å². The molecule has 0 radical (unpaired) electrons. The van der Waals surface area contributed by atoms with Crippen LogP contribution in [0.15, 0.2) is 22.7 Å². The lowest BCUT2D eigenvalue weighted by Crippen LogP contribution is -1.88. The van der Waals surface area contributed by atoms with Gasteiger partial charge >= 0.3 is 0 Å². The van der Waals surface area contributed by atoms with Gasteiger partial charge in [0.2, 0.25) is 6.04 Å². The Kier molecular flexibility index (Phi) is 3.13. The third-order valence-corrected chi connectivity index (χ3v) is 2.56. The predicted molar refractivity (Wildman–Crippen MR) is 54.2 cm³/mol. The van der Waals surface area contributed by atoms with Crippen molar-refractivity contribution < 1.29 is 0 Å². The van der Waals surface area contributed by atoms with Crippen LogP contribution in [0.1, 0.15) is 18.5 Å². The van der Waals surface area contributed by atoms with Crippen molar-refractivity contribution >= 4 is 27.5 Å².